The highest BCUT2D eigenvalue weighted by molar-refractivity contribution is 5.67. The molecule has 1 saturated heterocycles. The lowest BCUT2D eigenvalue weighted by molar-refractivity contribution is 0.0983. The molecule has 1 aromatic heterocycles. The summed E-state index contributed by atoms with van der Waals surface area (Å²) in [6.45, 7) is 3.65. The Morgan fingerprint density at radius 1 is 1.53 bits per heavy atom. The predicted octanol–water partition coefficient (Wildman–Crippen LogP) is 1.70. The van der Waals surface area contributed by atoms with E-state index in [1.165, 1.54) is 0 Å². The van der Waals surface area contributed by atoms with Crippen LogP contribution in [0.1, 0.15) is 19.8 Å². The first-order valence-electron chi connectivity index (χ1n) is 6.60. The van der Waals surface area contributed by atoms with E-state index >= 15 is 0 Å². The van der Waals surface area contributed by atoms with Crippen molar-refractivity contribution in [2.24, 2.45) is 0 Å². The molecule has 1 aromatic rings. The van der Waals surface area contributed by atoms with Crippen molar-refractivity contribution < 1.29 is 9.53 Å². The number of hydrogen-bond donors (Lipinski definition) is 2. The molecule has 104 valence electrons. The number of piperidine rings is 1. The Kier molecular flexibility index (Phi) is 4.43. The Morgan fingerprint density at radius 3 is 2.89 bits per heavy atom. The summed E-state index contributed by atoms with van der Waals surface area (Å²) in [4.78, 5) is 17.5. The summed E-state index contributed by atoms with van der Waals surface area (Å²) in [5.41, 5.74) is 5.64. The molecule has 3 N–H and O–H groups in total. The fraction of sp³-hybridized carbons (Fsp3) is 0.538. The largest absolute Gasteiger partial charge is 0.450 e. The normalized spacial score (nSPS) is 16.2. The Hall–Kier alpha value is -1.98. The summed E-state index contributed by atoms with van der Waals surface area (Å²) in [5.74, 6) is 1.29. The lowest BCUT2D eigenvalue weighted by atomic mass is 10.1. The minimum Gasteiger partial charge on any atom is -0.450 e. The molecule has 2 rings (SSSR count). The van der Waals surface area contributed by atoms with Crippen molar-refractivity contribution in [3.8, 4) is 0 Å². The van der Waals surface area contributed by atoms with Gasteiger partial charge in [0.15, 0.2) is 0 Å². The van der Waals surface area contributed by atoms with Crippen molar-refractivity contribution in [1.82, 2.24) is 9.88 Å². The fourth-order valence-electron chi connectivity index (χ4n) is 2.16. The number of nitrogen functional groups attached to an aromatic ring is 1. The number of carbonyl (C=O) groups excluding carboxylic acids is 1. The van der Waals surface area contributed by atoms with Crippen LogP contribution in [0.3, 0.4) is 0 Å². The van der Waals surface area contributed by atoms with Gasteiger partial charge in [-0.05, 0) is 31.9 Å². The first-order chi connectivity index (χ1) is 9.19. The zero-order valence-electron chi connectivity index (χ0n) is 11.1. The van der Waals surface area contributed by atoms with E-state index in [4.69, 9.17) is 10.5 Å². The van der Waals surface area contributed by atoms with E-state index in [0.29, 0.717) is 31.6 Å². The van der Waals surface area contributed by atoms with Gasteiger partial charge in [0.25, 0.3) is 0 Å². The molecular formula is C13H20N4O2. The number of nitrogens with zero attached hydrogens (tertiary/aromatic N) is 2. The highest BCUT2D eigenvalue weighted by Crippen LogP contribution is 2.16. The minimum absolute atomic E-state index is 0.219. The lowest BCUT2D eigenvalue weighted by Gasteiger charge is -2.31. The molecule has 1 fully saturated rings. The molecule has 0 aromatic carbocycles. The third kappa shape index (κ3) is 3.74. The molecule has 0 aliphatic carbocycles. The van der Waals surface area contributed by atoms with Crippen LogP contribution in [-0.2, 0) is 4.74 Å². The number of amides is 1. The molecule has 0 spiro atoms. The van der Waals surface area contributed by atoms with Gasteiger partial charge in [-0.25, -0.2) is 9.78 Å². The molecule has 6 heteroatoms. The number of anilines is 2. The maximum absolute atomic E-state index is 11.6. The highest BCUT2D eigenvalue weighted by Gasteiger charge is 2.23. The summed E-state index contributed by atoms with van der Waals surface area (Å²) in [6.07, 6.45) is 1.55. The number of hydrogen-bond acceptors (Lipinski definition) is 5. The third-order valence-corrected chi connectivity index (χ3v) is 3.14. The number of nitrogens with two attached hydrogens (primary N) is 1. The summed E-state index contributed by atoms with van der Waals surface area (Å²) >= 11 is 0. The Bertz CT molecular complexity index is 430. The van der Waals surface area contributed by atoms with Gasteiger partial charge in [-0.3, -0.25) is 0 Å². The van der Waals surface area contributed by atoms with Crippen LogP contribution in [0.25, 0.3) is 0 Å². The van der Waals surface area contributed by atoms with Crippen molar-refractivity contribution in [2.75, 3.05) is 30.7 Å². The topological polar surface area (TPSA) is 80.5 Å². The average Bonchev–Trinajstić information content (AvgIpc) is 2.40. The van der Waals surface area contributed by atoms with Crippen LogP contribution in [0, 0.1) is 0 Å². The van der Waals surface area contributed by atoms with Gasteiger partial charge in [0, 0.05) is 19.1 Å². The van der Waals surface area contributed by atoms with E-state index in [0.717, 1.165) is 18.7 Å². The Labute approximate surface area is 112 Å². The summed E-state index contributed by atoms with van der Waals surface area (Å²) in [6, 6.07) is 5.85. The van der Waals surface area contributed by atoms with Crippen LogP contribution in [0.2, 0.25) is 0 Å². The van der Waals surface area contributed by atoms with Crippen LogP contribution in [-0.4, -0.2) is 41.7 Å². The van der Waals surface area contributed by atoms with E-state index in [1.807, 2.05) is 19.1 Å². The van der Waals surface area contributed by atoms with E-state index < -0.39 is 0 Å². The monoisotopic (exact) mass is 264 g/mol. The number of rotatable bonds is 3. The zero-order chi connectivity index (χ0) is 13.7. The van der Waals surface area contributed by atoms with E-state index in [2.05, 4.69) is 10.3 Å². The second-order valence-corrected chi connectivity index (χ2v) is 4.55. The molecule has 6 nitrogen and oxygen atoms in total. The number of pyridine rings is 1. The second-order valence-electron chi connectivity index (χ2n) is 4.55. The molecule has 0 bridgehead atoms. The molecule has 1 aliphatic rings. The lowest BCUT2D eigenvalue weighted by Crippen LogP contribution is -2.42. The standard InChI is InChI=1S/C13H20N4O2/c1-2-19-13(18)17-8-6-10(7-9-17)15-12-5-3-4-11(14)16-12/h3-5,10H,2,6-9H2,1H3,(H3,14,15,16). The maximum Gasteiger partial charge on any atom is 0.409 e. The van der Waals surface area contributed by atoms with Gasteiger partial charge in [0.05, 0.1) is 6.61 Å². The minimum atomic E-state index is -0.219. The number of carbonyl (C=O) groups is 1. The van der Waals surface area contributed by atoms with Crippen LogP contribution in [0.4, 0.5) is 16.4 Å². The van der Waals surface area contributed by atoms with E-state index in [-0.39, 0.29) is 6.09 Å². The van der Waals surface area contributed by atoms with Crippen molar-refractivity contribution in [3.05, 3.63) is 18.2 Å². The van der Waals surface area contributed by atoms with Crippen molar-refractivity contribution in [1.29, 1.82) is 0 Å². The summed E-state index contributed by atoms with van der Waals surface area (Å²) in [5, 5.41) is 3.34. The molecule has 0 saturated carbocycles. The first kappa shape index (κ1) is 13.5. The Morgan fingerprint density at radius 2 is 2.26 bits per heavy atom. The molecule has 0 unspecified atom stereocenters. The molecule has 1 aliphatic heterocycles. The third-order valence-electron chi connectivity index (χ3n) is 3.14. The number of nitrogens with one attached hydrogen (secondary N) is 1. The van der Waals surface area contributed by atoms with Gasteiger partial charge in [0.1, 0.15) is 11.6 Å². The van der Waals surface area contributed by atoms with Gasteiger partial charge in [-0.2, -0.15) is 0 Å². The van der Waals surface area contributed by atoms with Gasteiger partial charge in [-0.1, -0.05) is 6.07 Å². The number of ether oxygens (including phenoxy) is 1. The van der Waals surface area contributed by atoms with Crippen LogP contribution in [0.15, 0.2) is 18.2 Å². The zero-order valence-corrected chi connectivity index (χ0v) is 11.1. The quantitative estimate of drug-likeness (QED) is 0.868. The molecule has 2 heterocycles. The van der Waals surface area contributed by atoms with Gasteiger partial charge >= 0.3 is 6.09 Å². The fourth-order valence-corrected chi connectivity index (χ4v) is 2.16. The summed E-state index contributed by atoms with van der Waals surface area (Å²) < 4.78 is 4.99. The van der Waals surface area contributed by atoms with Crippen LogP contribution in [0.5, 0.6) is 0 Å². The molecule has 19 heavy (non-hydrogen) atoms. The predicted molar refractivity (Wildman–Crippen MR) is 73.9 cm³/mol. The smallest absolute Gasteiger partial charge is 0.409 e. The summed E-state index contributed by atoms with van der Waals surface area (Å²) in [7, 11) is 0. The number of likely N-dealkylation sites (tertiary alicyclic amines) is 1. The van der Waals surface area contributed by atoms with Gasteiger partial charge in [0.2, 0.25) is 0 Å². The van der Waals surface area contributed by atoms with Crippen molar-refractivity contribution in [3.63, 3.8) is 0 Å². The SMILES string of the molecule is CCOC(=O)N1CCC(Nc2cccc(N)n2)CC1. The van der Waals surface area contributed by atoms with Crippen LogP contribution >= 0.6 is 0 Å². The molecular weight excluding hydrogens is 244 g/mol. The van der Waals surface area contributed by atoms with Crippen molar-refractivity contribution in [2.45, 2.75) is 25.8 Å². The molecule has 0 atom stereocenters. The van der Waals surface area contributed by atoms with Gasteiger partial charge in [-0.15, -0.1) is 0 Å². The first-order valence-corrected chi connectivity index (χ1v) is 6.60. The van der Waals surface area contributed by atoms with Crippen molar-refractivity contribution >= 4 is 17.7 Å². The Balaban J connectivity index is 1.82. The van der Waals surface area contributed by atoms with E-state index in [9.17, 15) is 4.79 Å². The molecule has 1 amide bonds. The van der Waals surface area contributed by atoms with Crippen LogP contribution < -0.4 is 11.1 Å². The second kappa shape index (κ2) is 6.26. The number of aromatic nitrogens is 1. The highest BCUT2D eigenvalue weighted by atomic mass is 16.6. The maximum atomic E-state index is 11.6. The van der Waals surface area contributed by atoms with Gasteiger partial charge < -0.3 is 20.7 Å². The van der Waals surface area contributed by atoms with E-state index in [1.54, 1.807) is 11.0 Å². The molecule has 0 radical (unpaired) electrons. The average molecular weight is 264 g/mol.